The number of nitrogens with one attached hydrogen (secondary N) is 1. The lowest BCUT2D eigenvalue weighted by Gasteiger charge is -2.08. The van der Waals surface area contributed by atoms with E-state index in [0.717, 1.165) is 17.6 Å². The summed E-state index contributed by atoms with van der Waals surface area (Å²) in [7, 11) is 0. The van der Waals surface area contributed by atoms with Gasteiger partial charge in [-0.15, -0.1) is 0 Å². The van der Waals surface area contributed by atoms with Gasteiger partial charge in [0.25, 0.3) is 5.91 Å². The highest BCUT2D eigenvalue weighted by Gasteiger charge is 2.26. The van der Waals surface area contributed by atoms with Gasteiger partial charge in [0.15, 0.2) is 0 Å². The van der Waals surface area contributed by atoms with E-state index in [1.54, 1.807) is 0 Å². The smallest absolute Gasteiger partial charge is 0.254 e. The van der Waals surface area contributed by atoms with Crippen molar-refractivity contribution in [3.8, 4) is 0 Å². The third-order valence-corrected chi connectivity index (χ3v) is 2.98. The van der Waals surface area contributed by atoms with Gasteiger partial charge in [-0.3, -0.25) is 14.9 Å². The molecule has 1 saturated heterocycles. The molecule has 2 amide bonds. The predicted molar refractivity (Wildman–Crippen MR) is 66.2 cm³/mol. The van der Waals surface area contributed by atoms with Crippen LogP contribution in [0.2, 0.25) is 0 Å². The summed E-state index contributed by atoms with van der Waals surface area (Å²) in [4.78, 5) is 22.8. The molecule has 1 heterocycles. The average Bonchev–Trinajstić information content (AvgIpc) is 2.62. The van der Waals surface area contributed by atoms with Crippen LogP contribution in [-0.2, 0) is 9.59 Å². The molecule has 0 unspecified atom stereocenters. The Morgan fingerprint density at radius 2 is 1.88 bits per heavy atom. The first-order valence-electron chi connectivity index (χ1n) is 5.75. The first kappa shape index (κ1) is 11.6. The fourth-order valence-corrected chi connectivity index (χ4v) is 2.08. The molecule has 17 heavy (non-hydrogen) atoms. The molecule has 1 aromatic carbocycles. The van der Waals surface area contributed by atoms with Gasteiger partial charge in [0.05, 0.1) is 6.42 Å². The van der Waals surface area contributed by atoms with Crippen LogP contribution in [0, 0.1) is 6.92 Å². The van der Waals surface area contributed by atoms with Gasteiger partial charge in [0.1, 0.15) is 0 Å². The molecule has 0 spiro atoms. The number of hydrogen-bond acceptors (Lipinski definition) is 2. The normalized spacial score (nSPS) is 18.2. The molecule has 3 nitrogen and oxygen atoms in total. The zero-order valence-corrected chi connectivity index (χ0v) is 10.0. The van der Waals surface area contributed by atoms with Crippen LogP contribution in [0.25, 0.3) is 5.57 Å². The van der Waals surface area contributed by atoms with Crippen LogP contribution < -0.4 is 5.32 Å². The van der Waals surface area contributed by atoms with Crippen molar-refractivity contribution in [2.45, 2.75) is 26.7 Å². The molecule has 88 valence electrons. The number of carbonyl (C=O) groups is 2. The molecular weight excluding hydrogens is 214 g/mol. The maximum absolute atomic E-state index is 11.6. The Morgan fingerprint density at radius 1 is 1.24 bits per heavy atom. The summed E-state index contributed by atoms with van der Waals surface area (Å²) >= 11 is 0. The molecule has 0 saturated carbocycles. The second-order valence-electron chi connectivity index (χ2n) is 4.23. The van der Waals surface area contributed by atoms with Crippen LogP contribution >= 0.6 is 0 Å². The third kappa shape index (κ3) is 2.28. The molecule has 0 atom stereocenters. The highest BCUT2D eigenvalue weighted by molar-refractivity contribution is 6.17. The predicted octanol–water partition coefficient (Wildman–Crippen LogP) is 2.21. The Labute approximate surface area is 101 Å². The van der Waals surface area contributed by atoms with Crippen molar-refractivity contribution < 1.29 is 9.59 Å². The SMILES string of the molecule is CCC(=C1CC(=O)NC1=O)c1ccc(C)cc1. The quantitative estimate of drug-likeness (QED) is 0.624. The van der Waals surface area contributed by atoms with Crippen molar-refractivity contribution in [1.82, 2.24) is 5.32 Å². The summed E-state index contributed by atoms with van der Waals surface area (Å²) in [6.45, 7) is 4.02. The molecule has 0 bridgehead atoms. The minimum absolute atomic E-state index is 0.204. The summed E-state index contributed by atoms with van der Waals surface area (Å²) in [5.41, 5.74) is 3.79. The Kier molecular flexibility index (Phi) is 3.09. The number of amides is 2. The van der Waals surface area contributed by atoms with Crippen LogP contribution in [0.3, 0.4) is 0 Å². The first-order chi connectivity index (χ1) is 8.11. The van der Waals surface area contributed by atoms with Crippen molar-refractivity contribution in [2.24, 2.45) is 0 Å². The molecule has 0 radical (unpaired) electrons. The fourth-order valence-electron chi connectivity index (χ4n) is 2.08. The summed E-state index contributed by atoms with van der Waals surface area (Å²) in [6.07, 6.45) is 0.953. The number of imide groups is 1. The van der Waals surface area contributed by atoms with Crippen LogP contribution in [-0.4, -0.2) is 11.8 Å². The monoisotopic (exact) mass is 229 g/mol. The topological polar surface area (TPSA) is 46.2 Å². The van der Waals surface area contributed by atoms with Crippen LogP contribution in [0.15, 0.2) is 29.8 Å². The van der Waals surface area contributed by atoms with Crippen molar-refractivity contribution in [3.63, 3.8) is 0 Å². The Balaban J connectivity index is 2.46. The van der Waals surface area contributed by atoms with E-state index >= 15 is 0 Å². The van der Waals surface area contributed by atoms with Gasteiger partial charge < -0.3 is 0 Å². The van der Waals surface area contributed by atoms with Gasteiger partial charge in [-0.25, -0.2) is 0 Å². The van der Waals surface area contributed by atoms with E-state index in [0.29, 0.717) is 5.57 Å². The van der Waals surface area contributed by atoms with E-state index in [1.807, 2.05) is 38.1 Å². The lowest BCUT2D eigenvalue weighted by Crippen LogP contribution is -2.19. The molecule has 0 aliphatic carbocycles. The van der Waals surface area contributed by atoms with Gasteiger partial charge in [-0.2, -0.15) is 0 Å². The lowest BCUT2D eigenvalue weighted by atomic mass is 9.96. The van der Waals surface area contributed by atoms with Crippen molar-refractivity contribution >= 4 is 17.4 Å². The Bertz CT molecular complexity index is 497. The lowest BCUT2D eigenvalue weighted by molar-refractivity contribution is -0.124. The zero-order valence-electron chi connectivity index (χ0n) is 10.0. The maximum atomic E-state index is 11.6. The number of carbonyl (C=O) groups excluding carboxylic acids is 2. The second-order valence-corrected chi connectivity index (χ2v) is 4.23. The van der Waals surface area contributed by atoms with Crippen LogP contribution in [0.1, 0.15) is 30.9 Å². The molecule has 1 aromatic rings. The summed E-state index contributed by atoms with van der Waals surface area (Å²) in [5, 5.41) is 2.33. The summed E-state index contributed by atoms with van der Waals surface area (Å²) in [6, 6.07) is 8.02. The molecule has 1 aliphatic rings. The highest BCUT2D eigenvalue weighted by Crippen LogP contribution is 2.26. The first-order valence-corrected chi connectivity index (χ1v) is 5.75. The molecule has 1 fully saturated rings. The number of benzene rings is 1. The number of hydrogen-bond donors (Lipinski definition) is 1. The summed E-state index contributed by atoms with van der Waals surface area (Å²) in [5.74, 6) is -0.449. The van der Waals surface area contributed by atoms with Crippen LogP contribution in [0.5, 0.6) is 0 Å². The van der Waals surface area contributed by atoms with Crippen molar-refractivity contribution in [1.29, 1.82) is 0 Å². The number of aryl methyl sites for hydroxylation is 1. The van der Waals surface area contributed by atoms with E-state index < -0.39 is 0 Å². The van der Waals surface area contributed by atoms with Crippen molar-refractivity contribution in [3.05, 3.63) is 41.0 Å². The number of rotatable bonds is 2. The van der Waals surface area contributed by atoms with Gasteiger partial charge >= 0.3 is 0 Å². The molecule has 0 aromatic heterocycles. The number of allylic oxidation sites excluding steroid dienone is 1. The minimum Gasteiger partial charge on any atom is -0.292 e. The van der Waals surface area contributed by atoms with E-state index in [1.165, 1.54) is 5.56 Å². The van der Waals surface area contributed by atoms with Gasteiger partial charge in [-0.1, -0.05) is 36.8 Å². The molecule has 1 aliphatic heterocycles. The van der Waals surface area contributed by atoms with E-state index in [-0.39, 0.29) is 18.2 Å². The van der Waals surface area contributed by atoms with Gasteiger partial charge in [0.2, 0.25) is 5.91 Å². The zero-order chi connectivity index (χ0) is 12.4. The third-order valence-electron chi connectivity index (χ3n) is 2.98. The van der Waals surface area contributed by atoms with E-state index in [2.05, 4.69) is 5.32 Å². The van der Waals surface area contributed by atoms with Gasteiger partial charge in [-0.05, 0) is 24.5 Å². The second kappa shape index (κ2) is 4.53. The van der Waals surface area contributed by atoms with Gasteiger partial charge in [0, 0.05) is 5.57 Å². The Hall–Kier alpha value is -1.90. The Morgan fingerprint density at radius 3 is 2.35 bits per heavy atom. The molecule has 3 heteroatoms. The summed E-state index contributed by atoms with van der Waals surface area (Å²) < 4.78 is 0. The van der Waals surface area contributed by atoms with E-state index in [4.69, 9.17) is 0 Å². The maximum Gasteiger partial charge on any atom is 0.254 e. The highest BCUT2D eigenvalue weighted by atomic mass is 16.2. The van der Waals surface area contributed by atoms with E-state index in [9.17, 15) is 9.59 Å². The molecule has 2 rings (SSSR count). The molecular formula is C14H15NO2. The van der Waals surface area contributed by atoms with Crippen LogP contribution in [0.4, 0.5) is 0 Å². The minimum atomic E-state index is -0.243. The fraction of sp³-hybridized carbons (Fsp3) is 0.286. The van der Waals surface area contributed by atoms with Crippen molar-refractivity contribution in [2.75, 3.05) is 0 Å². The largest absolute Gasteiger partial charge is 0.292 e. The molecule has 1 N–H and O–H groups in total. The average molecular weight is 229 g/mol. The standard InChI is InChI=1S/C14H15NO2/c1-3-11(10-6-4-9(2)5-7-10)12-8-13(16)15-14(12)17/h4-7H,3,8H2,1-2H3,(H,15,16,17).